The Labute approximate surface area is 290 Å². The fourth-order valence-corrected chi connectivity index (χ4v) is 7.66. The summed E-state index contributed by atoms with van der Waals surface area (Å²) in [5.74, 6) is -1.38. The molecule has 1 fully saturated rings. The Kier molecular flexibility index (Phi) is 8.25. The van der Waals surface area contributed by atoms with Gasteiger partial charge in [-0.15, -0.1) is 0 Å². The van der Waals surface area contributed by atoms with Crippen LogP contribution in [-0.2, 0) is 19.0 Å². The number of benzene rings is 5. The molecule has 7 nitrogen and oxygen atoms in total. The van der Waals surface area contributed by atoms with Crippen LogP contribution in [0.15, 0.2) is 128 Å². The maximum atomic E-state index is 13.9. The highest BCUT2D eigenvalue weighted by atomic mass is 16.6. The number of esters is 2. The molecule has 0 N–H and O–H groups in total. The number of fused-ring (bicyclic) bond motifs is 6. The van der Waals surface area contributed by atoms with Gasteiger partial charge in [0, 0.05) is 18.3 Å². The van der Waals surface area contributed by atoms with E-state index < -0.39 is 30.2 Å². The average Bonchev–Trinajstić information content (AvgIpc) is 3.83. The van der Waals surface area contributed by atoms with Gasteiger partial charge in [-0.3, -0.25) is 4.90 Å². The van der Waals surface area contributed by atoms with Crippen molar-refractivity contribution >= 4 is 24.1 Å². The van der Waals surface area contributed by atoms with E-state index in [0.29, 0.717) is 5.56 Å². The van der Waals surface area contributed by atoms with Gasteiger partial charge >= 0.3 is 18.0 Å². The summed E-state index contributed by atoms with van der Waals surface area (Å²) in [5.41, 5.74) is 10.1. The maximum Gasteiger partial charge on any atom is 0.410 e. The summed E-state index contributed by atoms with van der Waals surface area (Å²) >= 11 is 0. The van der Waals surface area contributed by atoms with E-state index >= 15 is 0 Å². The second-order valence-corrected chi connectivity index (χ2v) is 12.9. The van der Waals surface area contributed by atoms with E-state index in [0.717, 1.165) is 50.1 Å². The van der Waals surface area contributed by atoms with Gasteiger partial charge in [0.05, 0.1) is 12.1 Å². The highest BCUT2D eigenvalue weighted by molar-refractivity contribution is 5.90. The Hall–Kier alpha value is -5.95. The van der Waals surface area contributed by atoms with Crippen molar-refractivity contribution in [2.75, 3.05) is 19.8 Å². The van der Waals surface area contributed by atoms with E-state index in [1.54, 1.807) is 30.3 Å². The number of nitrogens with zero attached hydrogens (tertiary/aromatic N) is 1. The summed E-state index contributed by atoms with van der Waals surface area (Å²) in [6.45, 7) is 3.97. The first-order valence-corrected chi connectivity index (χ1v) is 16.9. The van der Waals surface area contributed by atoms with Crippen LogP contribution in [0.3, 0.4) is 0 Å². The van der Waals surface area contributed by atoms with Crippen LogP contribution in [0.25, 0.3) is 28.3 Å². The quantitative estimate of drug-likeness (QED) is 0.123. The van der Waals surface area contributed by atoms with E-state index in [1.165, 1.54) is 4.90 Å². The molecule has 0 bridgehead atoms. The standard InChI is InChI=1S/C43H35NO6/c1-2-27-19-21-28(22-20-27)41(45)50-29-23-40(42(46)48-25-38-34-15-7-3-11-30(34)31-12-4-8-16-35(31)38)44(24-29)43(47)49-26-39-36-17-9-5-13-32(36)33-14-6-10-18-37(33)39/h2-22,29,38-40H,1,23-26H2/t29-,40+/m1/s1. The smallest absolute Gasteiger partial charge is 0.410 e. The first-order chi connectivity index (χ1) is 24.5. The van der Waals surface area contributed by atoms with Crippen LogP contribution in [0.4, 0.5) is 4.79 Å². The lowest BCUT2D eigenvalue weighted by atomic mass is 9.98. The van der Waals surface area contributed by atoms with Crippen molar-refractivity contribution in [3.05, 3.63) is 161 Å². The van der Waals surface area contributed by atoms with Gasteiger partial charge < -0.3 is 14.2 Å². The molecule has 0 unspecified atom stereocenters. The lowest BCUT2D eigenvalue weighted by Gasteiger charge is -2.24. The number of hydrogen-bond donors (Lipinski definition) is 0. The van der Waals surface area contributed by atoms with E-state index in [-0.39, 0.29) is 38.0 Å². The number of carbonyl (C=O) groups excluding carboxylic acids is 3. The first kappa shape index (κ1) is 31.3. The number of amides is 1. The van der Waals surface area contributed by atoms with Crippen molar-refractivity contribution in [1.82, 2.24) is 4.90 Å². The SMILES string of the molecule is C=Cc1ccc(C(=O)O[C@@H]2C[C@@H](C(=O)OCC3c4ccccc4-c4ccccc43)N(C(=O)OCC3c4ccccc4-c4ccccc43)C2)cc1. The van der Waals surface area contributed by atoms with E-state index in [4.69, 9.17) is 14.2 Å². The average molecular weight is 662 g/mol. The van der Waals surface area contributed by atoms with Crippen LogP contribution in [-0.4, -0.2) is 54.8 Å². The van der Waals surface area contributed by atoms with Gasteiger partial charge in [-0.05, 0) is 62.2 Å². The summed E-state index contributed by atoms with van der Waals surface area (Å²) in [7, 11) is 0. The maximum absolute atomic E-state index is 13.9. The third-order valence-electron chi connectivity index (χ3n) is 10.1. The molecular weight excluding hydrogens is 626 g/mol. The Morgan fingerprint density at radius 2 is 1.10 bits per heavy atom. The minimum Gasteiger partial charge on any atom is -0.463 e. The molecule has 1 heterocycles. The summed E-state index contributed by atoms with van der Waals surface area (Å²) in [5, 5.41) is 0. The van der Waals surface area contributed by atoms with Gasteiger partial charge in [-0.2, -0.15) is 0 Å². The minimum atomic E-state index is -0.988. The van der Waals surface area contributed by atoms with Gasteiger partial charge in [-0.1, -0.05) is 122 Å². The molecule has 1 saturated heterocycles. The largest absolute Gasteiger partial charge is 0.463 e. The molecule has 248 valence electrons. The Morgan fingerprint density at radius 3 is 1.58 bits per heavy atom. The van der Waals surface area contributed by atoms with Crippen LogP contribution < -0.4 is 0 Å². The van der Waals surface area contributed by atoms with Crippen molar-refractivity contribution in [2.24, 2.45) is 0 Å². The Bertz CT molecular complexity index is 1910. The molecule has 2 atom stereocenters. The monoisotopic (exact) mass is 661 g/mol. The van der Waals surface area contributed by atoms with Gasteiger partial charge in [0.25, 0.3) is 0 Å². The van der Waals surface area contributed by atoms with Crippen molar-refractivity contribution < 1.29 is 28.6 Å². The molecular formula is C43H35NO6. The third kappa shape index (κ3) is 5.64. The predicted molar refractivity (Wildman–Crippen MR) is 191 cm³/mol. The number of hydrogen-bond acceptors (Lipinski definition) is 6. The summed E-state index contributed by atoms with van der Waals surface area (Å²) in [6, 6.07) is 38.4. The highest BCUT2D eigenvalue weighted by Gasteiger charge is 2.44. The van der Waals surface area contributed by atoms with Crippen LogP contribution >= 0.6 is 0 Å². The van der Waals surface area contributed by atoms with Crippen LogP contribution in [0.5, 0.6) is 0 Å². The van der Waals surface area contributed by atoms with E-state index in [2.05, 4.69) is 55.1 Å². The number of rotatable bonds is 8. The van der Waals surface area contributed by atoms with E-state index in [1.807, 2.05) is 48.5 Å². The lowest BCUT2D eigenvalue weighted by Crippen LogP contribution is -2.42. The molecule has 50 heavy (non-hydrogen) atoms. The second-order valence-electron chi connectivity index (χ2n) is 12.9. The van der Waals surface area contributed by atoms with Gasteiger partial charge in [0.15, 0.2) is 0 Å². The minimum absolute atomic E-state index is 0.00200. The molecule has 0 aromatic heterocycles. The topological polar surface area (TPSA) is 82.1 Å². The number of ether oxygens (including phenoxy) is 3. The molecule has 0 radical (unpaired) electrons. The lowest BCUT2D eigenvalue weighted by molar-refractivity contribution is -0.148. The molecule has 3 aliphatic rings. The van der Waals surface area contributed by atoms with Gasteiger partial charge in [-0.25, -0.2) is 14.4 Å². The van der Waals surface area contributed by atoms with Gasteiger partial charge in [0.2, 0.25) is 0 Å². The van der Waals surface area contributed by atoms with Crippen molar-refractivity contribution in [2.45, 2.75) is 30.4 Å². The fourth-order valence-electron chi connectivity index (χ4n) is 7.66. The summed E-state index contributed by atoms with van der Waals surface area (Å²) < 4.78 is 17.8. The zero-order valence-corrected chi connectivity index (χ0v) is 27.4. The fraction of sp³-hybridized carbons (Fsp3) is 0.186. The zero-order valence-electron chi connectivity index (χ0n) is 27.4. The molecule has 7 heteroatoms. The Morgan fingerprint density at radius 1 is 0.640 bits per heavy atom. The highest BCUT2D eigenvalue weighted by Crippen LogP contribution is 2.46. The summed E-state index contributed by atoms with van der Waals surface area (Å²) in [6.07, 6.45) is 0.404. The third-order valence-corrected chi connectivity index (χ3v) is 10.1. The first-order valence-electron chi connectivity index (χ1n) is 16.9. The normalized spacial score (nSPS) is 17.3. The van der Waals surface area contributed by atoms with Crippen LogP contribution in [0.1, 0.15) is 56.4 Å². The number of likely N-dealkylation sites (tertiary alicyclic amines) is 1. The molecule has 0 saturated carbocycles. The summed E-state index contributed by atoms with van der Waals surface area (Å²) in [4.78, 5) is 42.2. The molecule has 8 rings (SSSR count). The number of carbonyl (C=O) groups is 3. The van der Waals surface area contributed by atoms with Crippen molar-refractivity contribution in [3.63, 3.8) is 0 Å². The molecule has 5 aromatic carbocycles. The van der Waals surface area contributed by atoms with Crippen LogP contribution in [0, 0.1) is 0 Å². The zero-order chi connectivity index (χ0) is 34.2. The second kappa shape index (κ2) is 13.2. The Balaban J connectivity index is 1.01. The van der Waals surface area contributed by atoms with Gasteiger partial charge in [0.1, 0.15) is 25.4 Å². The molecule has 1 aliphatic heterocycles. The molecule has 5 aromatic rings. The van der Waals surface area contributed by atoms with Crippen molar-refractivity contribution in [1.29, 1.82) is 0 Å². The predicted octanol–water partition coefficient (Wildman–Crippen LogP) is 8.23. The van der Waals surface area contributed by atoms with E-state index in [9.17, 15) is 14.4 Å². The van der Waals surface area contributed by atoms with Crippen molar-refractivity contribution in [3.8, 4) is 22.3 Å². The molecule has 0 spiro atoms. The van der Waals surface area contributed by atoms with Crippen LogP contribution in [0.2, 0.25) is 0 Å². The molecule has 1 amide bonds. The molecule has 2 aliphatic carbocycles.